The predicted molar refractivity (Wildman–Crippen MR) is 126 cm³/mol. The van der Waals surface area contributed by atoms with E-state index < -0.39 is 0 Å². The molecule has 1 unspecified atom stereocenters. The van der Waals surface area contributed by atoms with Crippen LogP contribution in [0, 0.1) is 5.82 Å². The summed E-state index contributed by atoms with van der Waals surface area (Å²) >= 11 is 0. The third-order valence-electron chi connectivity index (χ3n) is 4.43. The molecule has 0 aliphatic heterocycles. The largest absolute Gasteiger partial charge is 0.370 e. The van der Waals surface area contributed by atoms with Gasteiger partial charge in [-0.05, 0) is 48.2 Å². The number of benzene rings is 2. The number of rotatable bonds is 8. The molecule has 8 N–H and O–H groups in total. The first-order chi connectivity index (χ1) is 13.9. The molecule has 0 saturated carbocycles. The van der Waals surface area contributed by atoms with Gasteiger partial charge in [0.1, 0.15) is 5.82 Å². The van der Waals surface area contributed by atoms with Crippen molar-refractivity contribution in [3.05, 3.63) is 54.1 Å². The van der Waals surface area contributed by atoms with E-state index in [1.165, 1.54) is 12.1 Å². The van der Waals surface area contributed by atoms with Crippen LogP contribution in [0.15, 0.2) is 47.5 Å². The van der Waals surface area contributed by atoms with E-state index in [9.17, 15) is 9.18 Å². The highest BCUT2D eigenvalue weighted by atomic mass is 35.5. The van der Waals surface area contributed by atoms with Crippen molar-refractivity contribution in [2.24, 2.45) is 22.2 Å². The zero-order valence-corrected chi connectivity index (χ0v) is 18.3. The Labute approximate surface area is 191 Å². The van der Waals surface area contributed by atoms with Gasteiger partial charge in [0, 0.05) is 19.1 Å². The monoisotopic (exact) mass is 469 g/mol. The van der Waals surface area contributed by atoms with Crippen molar-refractivity contribution < 1.29 is 9.18 Å². The summed E-state index contributed by atoms with van der Waals surface area (Å²) in [7, 11) is 0. The summed E-state index contributed by atoms with van der Waals surface area (Å²) in [4.78, 5) is 23.6. The number of aromatic amines is 1. The van der Waals surface area contributed by atoms with Gasteiger partial charge >= 0.3 is 0 Å². The molecule has 0 radical (unpaired) electrons. The van der Waals surface area contributed by atoms with Crippen molar-refractivity contribution in [2.75, 3.05) is 13.1 Å². The molecule has 168 valence electrons. The maximum absolute atomic E-state index is 13.1. The summed E-state index contributed by atoms with van der Waals surface area (Å²) in [6.07, 6.45) is 1.41. The van der Waals surface area contributed by atoms with Gasteiger partial charge in [0.15, 0.2) is 11.8 Å². The van der Waals surface area contributed by atoms with Gasteiger partial charge in [-0.3, -0.25) is 9.79 Å². The lowest BCUT2D eigenvalue weighted by molar-refractivity contribution is 0.0941. The van der Waals surface area contributed by atoms with E-state index in [4.69, 9.17) is 17.2 Å². The van der Waals surface area contributed by atoms with Gasteiger partial charge in [0.25, 0.3) is 5.91 Å². The fourth-order valence-electron chi connectivity index (χ4n) is 2.91. The van der Waals surface area contributed by atoms with Gasteiger partial charge in [-0.15, -0.1) is 24.8 Å². The Morgan fingerprint density at radius 3 is 2.48 bits per heavy atom. The molecule has 0 fully saturated rings. The van der Waals surface area contributed by atoms with E-state index in [0.717, 1.165) is 23.1 Å². The Morgan fingerprint density at radius 1 is 1.13 bits per heavy atom. The van der Waals surface area contributed by atoms with Gasteiger partial charge in [0.05, 0.1) is 11.0 Å². The molecule has 0 aliphatic rings. The summed E-state index contributed by atoms with van der Waals surface area (Å²) in [6, 6.07) is 11.6. The third-order valence-corrected chi connectivity index (χ3v) is 4.43. The molecule has 1 aromatic heterocycles. The molecule has 31 heavy (non-hydrogen) atoms. The lowest BCUT2D eigenvalue weighted by Crippen LogP contribution is -2.37. The molecular weight excluding hydrogens is 444 g/mol. The Bertz CT molecular complexity index is 1020. The predicted octanol–water partition coefficient (Wildman–Crippen LogP) is 2.32. The van der Waals surface area contributed by atoms with Crippen LogP contribution in [0.3, 0.4) is 0 Å². The molecule has 0 aliphatic carbocycles. The Morgan fingerprint density at radius 2 is 1.81 bits per heavy atom. The molecule has 1 heterocycles. The molecular formula is C20H26Cl2FN7O. The number of aliphatic imine (C=N–C) groups is 1. The molecule has 8 nitrogen and oxygen atoms in total. The van der Waals surface area contributed by atoms with E-state index in [-0.39, 0.29) is 54.4 Å². The maximum atomic E-state index is 13.1. The van der Waals surface area contributed by atoms with Gasteiger partial charge in [-0.1, -0.05) is 18.2 Å². The van der Waals surface area contributed by atoms with Crippen molar-refractivity contribution in [3.8, 4) is 11.1 Å². The first kappa shape index (κ1) is 26.2. The quantitative estimate of drug-likeness (QED) is 0.195. The smallest absolute Gasteiger partial charge is 0.287 e. The molecule has 2 aromatic carbocycles. The first-order valence-electron chi connectivity index (χ1n) is 9.27. The zero-order valence-electron chi connectivity index (χ0n) is 16.7. The van der Waals surface area contributed by atoms with Gasteiger partial charge in [-0.2, -0.15) is 0 Å². The SMILES string of the molecule is Cl.Cl.NC(N)=NCCCC(N)CNC(=O)c1nc2ccc(-c3ccc(F)cc3)cc2[nH]1. The average molecular weight is 470 g/mol. The highest BCUT2D eigenvalue weighted by Gasteiger charge is 2.13. The van der Waals surface area contributed by atoms with Gasteiger partial charge in [0.2, 0.25) is 0 Å². The van der Waals surface area contributed by atoms with E-state index >= 15 is 0 Å². The number of carbonyl (C=O) groups excluding carboxylic acids is 1. The minimum Gasteiger partial charge on any atom is -0.370 e. The number of H-pyrrole nitrogens is 1. The van der Waals surface area contributed by atoms with Crippen LogP contribution in [0.5, 0.6) is 0 Å². The van der Waals surface area contributed by atoms with E-state index in [2.05, 4.69) is 20.3 Å². The van der Waals surface area contributed by atoms with Crippen LogP contribution >= 0.6 is 24.8 Å². The second-order valence-corrected chi connectivity index (χ2v) is 6.74. The molecule has 1 amide bonds. The molecule has 3 aromatic rings. The number of hydrogen-bond acceptors (Lipinski definition) is 4. The second-order valence-electron chi connectivity index (χ2n) is 6.74. The number of aromatic nitrogens is 2. The Hall–Kier alpha value is -2.88. The molecule has 0 bridgehead atoms. The number of guanidine groups is 1. The summed E-state index contributed by atoms with van der Waals surface area (Å²) in [5.41, 5.74) is 19.7. The van der Waals surface area contributed by atoms with Gasteiger partial charge in [-0.25, -0.2) is 9.37 Å². The number of fused-ring (bicyclic) bond motifs is 1. The van der Waals surface area contributed by atoms with Crippen LogP contribution in [0.4, 0.5) is 4.39 Å². The van der Waals surface area contributed by atoms with Crippen LogP contribution in [0.1, 0.15) is 23.5 Å². The highest BCUT2D eigenvalue weighted by Crippen LogP contribution is 2.23. The minimum absolute atomic E-state index is 0. The molecule has 11 heteroatoms. The topological polar surface area (TPSA) is 148 Å². The van der Waals surface area contributed by atoms with Crippen molar-refractivity contribution in [3.63, 3.8) is 0 Å². The number of nitrogens with zero attached hydrogens (tertiary/aromatic N) is 2. The van der Waals surface area contributed by atoms with Crippen molar-refractivity contribution in [1.82, 2.24) is 15.3 Å². The average Bonchev–Trinajstić information content (AvgIpc) is 3.13. The summed E-state index contributed by atoms with van der Waals surface area (Å²) in [5, 5.41) is 2.78. The fourth-order valence-corrected chi connectivity index (χ4v) is 2.91. The first-order valence-corrected chi connectivity index (χ1v) is 9.27. The number of halogens is 3. The van der Waals surface area contributed by atoms with Crippen LogP contribution in [0.2, 0.25) is 0 Å². The normalized spacial score (nSPS) is 11.2. The van der Waals surface area contributed by atoms with Gasteiger partial charge < -0.3 is 27.5 Å². The Kier molecular flexibility index (Phi) is 10.2. The molecule has 0 saturated heterocycles. The minimum atomic E-state index is -0.329. The maximum Gasteiger partial charge on any atom is 0.287 e. The number of hydrogen-bond donors (Lipinski definition) is 5. The van der Waals surface area contributed by atoms with Crippen molar-refractivity contribution in [2.45, 2.75) is 18.9 Å². The molecule has 3 rings (SSSR count). The highest BCUT2D eigenvalue weighted by molar-refractivity contribution is 5.95. The van der Waals surface area contributed by atoms with E-state index in [1.807, 2.05) is 18.2 Å². The van der Waals surface area contributed by atoms with Crippen LogP contribution in [0.25, 0.3) is 22.2 Å². The Balaban J connectivity index is 0.00000240. The fraction of sp³-hybridized carbons (Fsp3) is 0.250. The standard InChI is InChI=1S/C20H24FN7O.2ClH/c21-14-6-3-12(4-7-14)13-5-8-16-17(10-13)28-18(27-16)19(29)26-11-15(22)2-1-9-25-20(23)24;;/h3-8,10,15H,1-2,9,11,22H2,(H,26,29)(H,27,28)(H4,23,24,25);2*1H. The van der Waals surface area contributed by atoms with Crippen LogP contribution in [-0.4, -0.2) is 41.0 Å². The van der Waals surface area contributed by atoms with Crippen LogP contribution in [-0.2, 0) is 0 Å². The summed E-state index contributed by atoms with van der Waals surface area (Å²) in [5.74, 6) is -0.350. The number of imidazole rings is 1. The van der Waals surface area contributed by atoms with Crippen molar-refractivity contribution >= 4 is 47.7 Å². The summed E-state index contributed by atoms with van der Waals surface area (Å²) < 4.78 is 13.1. The number of carbonyl (C=O) groups is 1. The summed E-state index contributed by atoms with van der Waals surface area (Å²) in [6.45, 7) is 0.822. The molecule has 1 atom stereocenters. The third kappa shape index (κ3) is 7.39. The number of nitrogens with one attached hydrogen (secondary N) is 2. The lowest BCUT2D eigenvalue weighted by atomic mass is 10.1. The second kappa shape index (κ2) is 12.1. The number of amides is 1. The van der Waals surface area contributed by atoms with E-state index in [0.29, 0.717) is 25.0 Å². The lowest BCUT2D eigenvalue weighted by Gasteiger charge is -2.11. The zero-order chi connectivity index (χ0) is 20.8. The van der Waals surface area contributed by atoms with Crippen molar-refractivity contribution in [1.29, 1.82) is 0 Å². The number of nitrogens with two attached hydrogens (primary N) is 3. The molecule has 0 spiro atoms. The van der Waals surface area contributed by atoms with Crippen LogP contribution < -0.4 is 22.5 Å². The van der Waals surface area contributed by atoms with E-state index in [1.54, 1.807) is 12.1 Å².